The predicted molar refractivity (Wildman–Crippen MR) is 91.4 cm³/mol. The Morgan fingerprint density at radius 1 is 1.52 bits per heavy atom. The second kappa shape index (κ2) is 7.98. The molecule has 1 amide bonds. The van der Waals surface area contributed by atoms with E-state index in [1.807, 2.05) is 0 Å². The first-order valence-electron chi connectivity index (χ1n) is 8.21. The molecule has 1 aliphatic rings. The third-order valence-corrected chi connectivity index (χ3v) is 4.09. The highest BCUT2D eigenvalue weighted by atomic mass is 16.6. The monoisotopic (exact) mass is 383 g/mol. The third kappa shape index (κ3) is 3.77. The molecule has 1 unspecified atom stereocenters. The molecule has 0 bridgehead atoms. The number of nitrogen functional groups attached to an aromatic ring is 1. The third-order valence-electron chi connectivity index (χ3n) is 4.09. The summed E-state index contributed by atoms with van der Waals surface area (Å²) in [5.74, 6) is -0.543. The average Bonchev–Trinajstić information content (AvgIpc) is 3.19. The van der Waals surface area contributed by atoms with Crippen molar-refractivity contribution in [1.29, 1.82) is 0 Å². The van der Waals surface area contributed by atoms with Gasteiger partial charge in [0.15, 0.2) is 17.4 Å². The SMILES string of the molecule is NCCNC(=O)CO[C@H]1C(O)[C@@H](CO)O[C@H]1n1cnc2c(=O)[nH]c(N)nc21. The fourth-order valence-corrected chi connectivity index (χ4v) is 2.84. The number of nitrogens with two attached hydrogens (primary N) is 2. The Bertz CT molecular complexity index is 867. The number of hydrogen-bond acceptors (Lipinski definition) is 10. The van der Waals surface area contributed by atoms with E-state index < -0.39 is 42.6 Å². The number of carbonyl (C=O) groups excluding carboxylic acids is 1. The number of aromatic amines is 1. The van der Waals surface area contributed by atoms with Crippen LogP contribution in [-0.4, -0.2) is 80.3 Å². The summed E-state index contributed by atoms with van der Waals surface area (Å²) in [4.78, 5) is 34.0. The van der Waals surface area contributed by atoms with E-state index in [1.165, 1.54) is 10.9 Å². The van der Waals surface area contributed by atoms with E-state index in [0.29, 0.717) is 0 Å². The molecule has 13 nitrogen and oxygen atoms in total. The van der Waals surface area contributed by atoms with Crippen molar-refractivity contribution in [1.82, 2.24) is 24.8 Å². The number of ether oxygens (including phenoxy) is 2. The van der Waals surface area contributed by atoms with Crippen LogP contribution in [0.4, 0.5) is 5.95 Å². The molecule has 13 heteroatoms. The highest BCUT2D eigenvalue weighted by Crippen LogP contribution is 2.33. The Labute approximate surface area is 152 Å². The molecule has 8 N–H and O–H groups in total. The number of anilines is 1. The van der Waals surface area contributed by atoms with Gasteiger partial charge in [0.05, 0.1) is 12.9 Å². The van der Waals surface area contributed by atoms with Crippen molar-refractivity contribution in [3.63, 3.8) is 0 Å². The standard InChI is InChI=1S/C14H21N7O6/c15-1-2-17-7(23)4-26-10-9(24)6(3-22)27-13(10)21-5-18-8-11(21)19-14(16)20-12(8)25/h5-6,9-10,13,22,24H,1-4,15H2,(H,17,23)(H3,16,19,20,25)/t6-,9?,10+,13-/m1/s1. The Balaban J connectivity index is 1.87. The van der Waals surface area contributed by atoms with Gasteiger partial charge in [0.25, 0.3) is 5.56 Å². The number of nitrogens with zero attached hydrogens (tertiary/aromatic N) is 3. The number of fused-ring (bicyclic) bond motifs is 1. The number of aromatic nitrogens is 4. The fraction of sp³-hybridized carbons (Fsp3) is 0.571. The number of aliphatic hydroxyl groups is 2. The molecule has 3 heterocycles. The number of aliphatic hydroxyl groups excluding tert-OH is 2. The lowest BCUT2D eigenvalue weighted by molar-refractivity contribution is -0.132. The lowest BCUT2D eigenvalue weighted by Crippen LogP contribution is -2.39. The van der Waals surface area contributed by atoms with Crippen molar-refractivity contribution in [2.24, 2.45) is 5.73 Å². The van der Waals surface area contributed by atoms with Crippen LogP contribution in [0.25, 0.3) is 11.2 Å². The maximum Gasteiger partial charge on any atom is 0.280 e. The van der Waals surface area contributed by atoms with Gasteiger partial charge in [0, 0.05) is 13.1 Å². The predicted octanol–water partition coefficient (Wildman–Crippen LogP) is -3.59. The van der Waals surface area contributed by atoms with Gasteiger partial charge in [-0.25, -0.2) is 4.98 Å². The molecule has 0 aromatic carbocycles. The van der Waals surface area contributed by atoms with E-state index in [-0.39, 0.29) is 36.8 Å². The largest absolute Gasteiger partial charge is 0.394 e. The Morgan fingerprint density at radius 2 is 2.30 bits per heavy atom. The van der Waals surface area contributed by atoms with Crippen molar-refractivity contribution >= 4 is 23.0 Å². The molecule has 0 saturated carbocycles. The summed E-state index contributed by atoms with van der Waals surface area (Å²) < 4.78 is 12.5. The average molecular weight is 383 g/mol. The Kier molecular flexibility index (Phi) is 5.67. The number of rotatable bonds is 7. The van der Waals surface area contributed by atoms with Gasteiger partial charge in [0.1, 0.15) is 24.9 Å². The lowest BCUT2D eigenvalue weighted by atomic mass is 10.1. The van der Waals surface area contributed by atoms with Crippen molar-refractivity contribution in [3.05, 3.63) is 16.7 Å². The van der Waals surface area contributed by atoms with Crippen LogP contribution < -0.4 is 22.3 Å². The molecule has 0 spiro atoms. The number of hydrogen-bond donors (Lipinski definition) is 6. The maximum atomic E-state index is 11.9. The van der Waals surface area contributed by atoms with Gasteiger partial charge < -0.3 is 36.5 Å². The van der Waals surface area contributed by atoms with Crippen molar-refractivity contribution in [2.45, 2.75) is 24.5 Å². The van der Waals surface area contributed by atoms with Gasteiger partial charge in [-0.1, -0.05) is 0 Å². The van der Waals surface area contributed by atoms with E-state index in [0.717, 1.165) is 0 Å². The molecule has 148 valence electrons. The molecule has 1 aliphatic heterocycles. The van der Waals surface area contributed by atoms with E-state index in [9.17, 15) is 19.8 Å². The summed E-state index contributed by atoms with van der Waals surface area (Å²) in [5.41, 5.74) is 10.5. The summed E-state index contributed by atoms with van der Waals surface area (Å²) in [6.07, 6.45) is -2.90. The minimum absolute atomic E-state index is 0.0224. The topological polar surface area (TPSA) is 204 Å². The van der Waals surface area contributed by atoms with E-state index in [4.69, 9.17) is 20.9 Å². The Hall–Kier alpha value is -2.58. The highest BCUT2D eigenvalue weighted by Gasteiger charge is 2.46. The number of imidazole rings is 1. The van der Waals surface area contributed by atoms with Gasteiger partial charge in [-0.3, -0.25) is 19.1 Å². The molecule has 27 heavy (non-hydrogen) atoms. The summed E-state index contributed by atoms with van der Waals surface area (Å²) in [7, 11) is 0. The van der Waals surface area contributed by atoms with Crippen LogP contribution >= 0.6 is 0 Å². The first-order chi connectivity index (χ1) is 13.0. The van der Waals surface area contributed by atoms with Crippen LogP contribution in [0, 0.1) is 0 Å². The number of nitrogens with one attached hydrogen (secondary N) is 2. The van der Waals surface area contributed by atoms with Crippen LogP contribution in [0.3, 0.4) is 0 Å². The van der Waals surface area contributed by atoms with Gasteiger partial charge in [-0.2, -0.15) is 4.98 Å². The summed E-state index contributed by atoms with van der Waals surface area (Å²) in [6.45, 7) is -0.270. The summed E-state index contributed by atoms with van der Waals surface area (Å²) in [6, 6.07) is 0. The van der Waals surface area contributed by atoms with Crippen LogP contribution in [0.5, 0.6) is 0 Å². The van der Waals surface area contributed by atoms with Crippen molar-refractivity contribution < 1.29 is 24.5 Å². The van der Waals surface area contributed by atoms with Crippen LogP contribution in [0.2, 0.25) is 0 Å². The zero-order valence-electron chi connectivity index (χ0n) is 14.2. The van der Waals surface area contributed by atoms with E-state index in [1.54, 1.807) is 0 Å². The van der Waals surface area contributed by atoms with E-state index >= 15 is 0 Å². The zero-order valence-corrected chi connectivity index (χ0v) is 14.2. The first-order valence-corrected chi connectivity index (χ1v) is 8.21. The molecule has 0 radical (unpaired) electrons. The molecular weight excluding hydrogens is 362 g/mol. The maximum absolute atomic E-state index is 11.9. The smallest absolute Gasteiger partial charge is 0.280 e. The highest BCUT2D eigenvalue weighted by molar-refractivity contribution is 5.77. The quantitative estimate of drug-likeness (QED) is 0.277. The molecule has 3 rings (SSSR count). The molecule has 0 aliphatic carbocycles. The van der Waals surface area contributed by atoms with Gasteiger partial charge in [-0.05, 0) is 0 Å². The van der Waals surface area contributed by atoms with Crippen LogP contribution in [0.15, 0.2) is 11.1 Å². The molecule has 1 saturated heterocycles. The summed E-state index contributed by atoms with van der Waals surface area (Å²) in [5, 5.41) is 22.3. The van der Waals surface area contributed by atoms with E-state index in [2.05, 4.69) is 20.3 Å². The first kappa shape index (κ1) is 19.2. The van der Waals surface area contributed by atoms with Crippen molar-refractivity contribution in [3.8, 4) is 0 Å². The molecule has 4 atom stereocenters. The van der Waals surface area contributed by atoms with Crippen molar-refractivity contribution in [2.75, 3.05) is 32.0 Å². The normalized spacial score (nSPS) is 25.1. The number of carbonyl (C=O) groups is 1. The Morgan fingerprint density at radius 3 is 3.00 bits per heavy atom. The minimum Gasteiger partial charge on any atom is -0.394 e. The molecule has 2 aromatic rings. The van der Waals surface area contributed by atoms with Gasteiger partial charge in [-0.15, -0.1) is 0 Å². The molecular formula is C14H21N7O6. The zero-order chi connectivity index (χ0) is 19.6. The lowest BCUT2D eigenvalue weighted by Gasteiger charge is -2.21. The van der Waals surface area contributed by atoms with Gasteiger partial charge in [0.2, 0.25) is 11.9 Å². The second-order valence-corrected chi connectivity index (χ2v) is 5.93. The van der Waals surface area contributed by atoms with Crippen LogP contribution in [-0.2, 0) is 14.3 Å². The fourth-order valence-electron chi connectivity index (χ4n) is 2.84. The minimum atomic E-state index is -1.22. The number of H-pyrrole nitrogens is 1. The molecule has 1 fully saturated rings. The second-order valence-electron chi connectivity index (χ2n) is 5.93. The van der Waals surface area contributed by atoms with Crippen LogP contribution in [0.1, 0.15) is 6.23 Å². The number of amides is 1. The molecule has 2 aromatic heterocycles. The summed E-state index contributed by atoms with van der Waals surface area (Å²) >= 11 is 0. The van der Waals surface area contributed by atoms with Gasteiger partial charge >= 0.3 is 0 Å².